The Balaban J connectivity index is 1.85. The van der Waals surface area contributed by atoms with Crippen LogP contribution in [0.15, 0.2) is 47.1 Å². The Morgan fingerprint density at radius 3 is 2.55 bits per heavy atom. The zero-order valence-electron chi connectivity index (χ0n) is 17.1. The lowest BCUT2D eigenvalue weighted by atomic mass is 10.1. The van der Waals surface area contributed by atoms with Gasteiger partial charge in [0, 0.05) is 29.4 Å². The van der Waals surface area contributed by atoms with Gasteiger partial charge in [-0.1, -0.05) is 0 Å². The highest BCUT2D eigenvalue weighted by atomic mass is 32.2. The largest absolute Gasteiger partial charge is 0.404 e. The Labute approximate surface area is 190 Å². The first-order valence-electron chi connectivity index (χ1n) is 9.39. The van der Waals surface area contributed by atoms with E-state index < -0.39 is 27.1 Å². The Kier molecular flexibility index (Phi) is 5.69. The molecule has 0 aliphatic rings. The Morgan fingerprint density at radius 1 is 1.21 bits per heavy atom. The molecule has 0 saturated carbocycles. The van der Waals surface area contributed by atoms with Gasteiger partial charge in [-0.15, -0.1) is 11.3 Å². The van der Waals surface area contributed by atoms with Gasteiger partial charge in [-0.05, 0) is 37.6 Å². The minimum absolute atomic E-state index is 0.236. The molecule has 4 rings (SSSR count). The second kappa shape index (κ2) is 8.22. The first kappa shape index (κ1) is 22.8. The fourth-order valence-electron chi connectivity index (χ4n) is 3.18. The highest BCUT2D eigenvalue weighted by Gasteiger charge is 2.39. The molecule has 0 aliphatic heterocycles. The van der Waals surface area contributed by atoms with Crippen LogP contribution in [0, 0.1) is 18.3 Å². The van der Waals surface area contributed by atoms with E-state index in [2.05, 4.69) is 21.0 Å². The zero-order valence-corrected chi connectivity index (χ0v) is 18.8. The van der Waals surface area contributed by atoms with E-state index in [1.165, 1.54) is 17.4 Å². The number of thiazole rings is 1. The molecule has 4 aromatic rings. The summed E-state index contributed by atoms with van der Waals surface area (Å²) < 4.78 is 66.3. The Bertz CT molecular complexity index is 1470. The lowest BCUT2D eigenvalue weighted by molar-refractivity contribution is -0.147. The van der Waals surface area contributed by atoms with Gasteiger partial charge in [0.2, 0.25) is 10.0 Å². The third-order valence-electron chi connectivity index (χ3n) is 4.78. The summed E-state index contributed by atoms with van der Waals surface area (Å²) in [6.07, 6.45) is -0.549. The van der Waals surface area contributed by atoms with Crippen molar-refractivity contribution in [3.05, 3.63) is 53.3 Å². The summed E-state index contributed by atoms with van der Waals surface area (Å²) >= 11 is 1.31. The molecule has 0 radical (unpaired) electrons. The maximum Gasteiger partial charge on any atom is 0.404 e. The summed E-state index contributed by atoms with van der Waals surface area (Å²) in [5.74, 6) is 0. The molecule has 0 saturated heterocycles. The van der Waals surface area contributed by atoms with Crippen LogP contribution >= 0.6 is 11.3 Å². The van der Waals surface area contributed by atoms with Gasteiger partial charge >= 0.3 is 6.18 Å². The molecule has 0 fully saturated rings. The standard InChI is InChI=1S/C20H15F3N6O2S2/c1-11-7-14-15(8-24)17(29(18(14)27-9-11)19-25-5-6-32-19)16-4-3-13(10-26-16)33(30,31)28-12(2)20(21,22)23/h3-7,9-10,12,28H,1-2H3. The first-order chi connectivity index (χ1) is 15.5. The molecule has 1 unspecified atom stereocenters. The number of sulfonamides is 1. The van der Waals surface area contributed by atoms with E-state index in [1.807, 2.05) is 6.92 Å². The molecule has 0 aromatic carbocycles. The Morgan fingerprint density at radius 2 is 1.97 bits per heavy atom. The molecule has 33 heavy (non-hydrogen) atoms. The van der Waals surface area contributed by atoms with Crippen molar-refractivity contribution in [2.75, 3.05) is 0 Å². The molecule has 4 aromatic heterocycles. The lowest BCUT2D eigenvalue weighted by Crippen LogP contribution is -2.42. The number of aryl methyl sites for hydroxylation is 1. The number of rotatable bonds is 5. The van der Waals surface area contributed by atoms with Gasteiger partial charge in [0.15, 0.2) is 5.13 Å². The van der Waals surface area contributed by atoms with E-state index >= 15 is 0 Å². The van der Waals surface area contributed by atoms with Crippen LogP contribution in [0.3, 0.4) is 0 Å². The van der Waals surface area contributed by atoms with Gasteiger partial charge in [-0.25, -0.2) is 18.4 Å². The van der Waals surface area contributed by atoms with Crippen molar-refractivity contribution in [1.82, 2.24) is 24.2 Å². The van der Waals surface area contributed by atoms with E-state index in [9.17, 15) is 26.9 Å². The number of aromatic nitrogens is 4. The summed E-state index contributed by atoms with van der Waals surface area (Å²) in [6.45, 7) is 2.54. The van der Waals surface area contributed by atoms with Crippen molar-refractivity contribution in [3.63, 3.8) is 0 Å². The second-order valence-corrected chi connectivity index (χ2v) is 9.72. The Hall–Kier alpha value is -3.34. The van der Waals surface area contributed by atoms with Crippen molar-refractivity contribution >= 4 is 32.4 Å². The van der Waals surface area contributed by atoms with Crippen LogP contribution in [0.5, 0.6) is 0 Å². The van der Waals surface area contributed by atoms with Gasteiger partial charge in [0.25, 0.3) is 0 Å². The van der Waals surface area contributed by atoms with Crippen LogP contribution in [0.25, 0.3) is 27.6 Å². The maximum absolute atomic E-state index is 12.8. The van der Waals surface area contributed by atoms with Crippen LogP contribution in [0.2, 0.25) is 0 Å². The van der Waals surface area contributed by atoms with E-state index in [0.29, 0.717) is 28.8 Å². The molecule has 0 amide bonds. The number of nitrogens with one attached hydrogen (secondary N) is 1. The fraction of sp³-hybridized carbons (Fsp3) is 0.200. The van der Waals surface area contributed by atoms with E-state index in [1.54, 1.807) is 33.1 Å². The fourth-order valence-corrected chi connectivity index (χ4v) is 5.01. The number of hydrogen-bond acceptors (Lipinski definition) is 7. The van der Waals surface area contributed by atoms with Gasteiger partial charge in [-0.2, -0.15) is 23.2 Å². The number of alkyl halides is 3. The van der Waals surface area contributed by atoms with Crippen molar-refractivity contribution in [1.29, 1.82) is 5.26 Å². The molecule has 1 atom stereocenters. The number of nitriles is 1. The lowest BCUT2D eigenvalue weighted by Gasteiger charge is -2.17. The predicted molar refractivity (Wildman–Crippen MR) is 115 cm³/mol. The number of fused-ring (bicyclic) bond motifs is 1. The molecule has 13 heteroatoms. The molecule has 0 aliphatic carbocycles. The van der Waals surface area contributed by atoms with Crippen LogP contribution in [0.4, 0.5) is 13.2 Å². The quantitative estimate of drug-likeness (QED) is 0.451. The van der Waals surface area contributed by atoms with E-state index in [0.717, 1.165) is 17.8 Å². The maximum atomic E-state index is 12.8. The molecule has 1 N–H and O–H groups in total. The van der Waals surface area contributed by atoms with Crippen molar-refractivity contribution in [3.8, 4) is 22.6 Å². The van der Waals surface area contributed by atoms with E-state index in [-0.39, 0.29) is 11.3 Å². The number of halogens is 3. The summed E-state index contributed by atoms with van der Waals surface area (Å²) in [5, 5.41) is 12.7. The number of hydrogen-bond donors (Lipinski definition) is 1. The molecular formula is C20H15F3N6O2S2. The van der Waals surface area contributed by atoms with Crippen LogP contribution in [-0.4, -0.2) is 40.2 Å². The summed E-state index contributed by atoms with van der Waals surface area (Å²) in [7, 11) is -4.47. The predicted octanol–water partition coefficient (Wildman–Crippen LogP) is 3.95. The summed E-state index contributed by atoms with van der Waals surface area (Å²) in [4.78, 5) is 12.5. The SMILES string of the molecule is Cc1cnc2c(c1)c(C#N)c(-c1ccc(S(=O)(=O)NC(C)C(F)(F)F)cn1)n2-c1nccs1. The summed E-state index contributed by atoms with van der Waals surface area (Å²) in [5.41, 5.74) is 2.16. The van der Waals surface area contributed by atoms with Crippen LogP contribution < -0.4 is 4.72 Å². The van der Waals surface area contributed by atoms with Crippen molar-refractivity contribution in [2.45, 2.75) is 31.0 Å². The van der Waals surface area contributed by atoms with Crippen LogP contribution in [-0.2, 0) is 10.0 Å². The number of pyridine rings is 2. The normalized spacial score (nSPS) is 13.2. The smallest absolute Gasteiger partial charge is 0.266 e. The zero-order chi connectivity index (χ0) is 24.0. The van der Waals surface area contributed by atoms with Gasteiger partial charge in [0.05, 0.1) is 17.0 Å². The minimum Gasteiger partial charge on any atom is -0.266 e. The highest BCUT2D eigenvalue weighted by Crippen LogP contribution is 2.35. The second-order valence-electron chi connectivity index (χ2n) is 7.13. The third kappa shape index (κ3) is 4.20. The topological polar surface area (TPSA) is 114 Å². The van der Waals surface area contributed by atoms with Gasteiger partial charge in [-0.3, -0.25) is 9.55 Å². The molecule has 0 spiro atoms. The van der Waals surface area contributed by atoms with Crippen molar-refractivity contribution in [2.24, 2.45) is 0 Å². The summed E-state index contributed by atoms with van der Waals surface area (Å²) in [6, 6.07) is 4.16. The highest BCUT2D eigenvalue weighted by molar-refractivity contribution is 7.89. The number of nitrogens with zero attached hydrogens (tertiary/aromatic N) is 5. The van der Waals surface area contributed by atoms with Gasteiger partial charge in [0.1, 0.15) is 22.7 Å². The molecule has 4 heterocycles. The third-order valence-corrected chi connectivity index (χ3v) is 7.06. The van der Waals surface area contributed by atoms with Gasteiger partial charge < -0.3 is 0 Å². The monoisotopic (exact) mass is 492 g/mol. The molecule has 8 nitrogen and oxygen atoms in total. The first-order valence-corrected chi connectivity index (χ1v) is 11.8. The molecule has 0 bridgehead atoms. The minimum atomic E-state index is -4.73. The van der Waals surface area contributed by atoms with Crippen LogP contribution in [0.1, 0.15) is 18.1 Å². The van der Waals surface area contributed by atoms with E-state index in [4.69, 9.17) is 0 Å². The average molecular weight is 493 g/mol. The van der Waals surface area contributed by atoms with Crippen molar-refractivity contribution < 1.29 is 21.6 Å². The average Bonchev–Trinajstić information content (AvgIpc) is 3.38. The molecule has 170 valence electrons. The molecular weight excluding hydrogens is 477 g/mol.